The van der Waals surface area contributed by atoms with Gasteiger partial charge < -0.3 is 14.5 Å². The van der Waals surface area contributed by atoms with Crippen LogP contribution < -0.4 is 5.32 Å². The van der Waals surface area contributed by atoms with Crippen molar-refractivity contribution in [1.29, 1.82) is 5.26 Å². The molecule has 2 rings (SSSR count). The van der Waals surface area contributed by atoms with E-state index in [-0.39, 0.29) is 29.4 Å². The molecule has 1 atom stereocenters. The molecule has 0 saturated heterocycles. The topological polar surface area (TPSA) is 80.2 Å². The summed E-state index contributed by atoms with van der Waals surface area (Å²) in [7, 11) is 0. The van der Waals surface area contributed by atoms with E-state index >= 15 is 0 Å². The molecule has 0 aromatic carbocycles. The average Bonchev–Trinajstić information content (AvgIpc) is 3.12. The van der Waals surface area contributed by atoms with Crippen LogP contribution in [-0.2, 0) is 4.74 Å². The van der Waals surface area contributed by atoms with E-state index in [1.54, 1.807) is 29.1 Å². The fourth-order valence-corrected chi connectivity index (χ4v) is 2.25. The highest BCUT2D eigenvalue weighted by Crippen LogP contribution is 2.25. The third-order valence-corrected chi connectivity index (χ3v) is 3.25. The molecule has 0 bridgehead atoms. The van der Waals surface area contributed by atoms with Crippen molar-refractivity contribution in [3.8, 4) is 12.0 Å². The summed E-state index contributed by atoms with van der Waals surface area (Å²) >= 11 is 0. The number of alkyl halides is 3. The molecule has 1 amide bonds. The van der Waals surface area contributed by atoms with Crippen LogP contribution in [0.4, 0.5) is 13.2 Å². The Morgan fingerprint density at radius 2 is 2.08 bits per heavy atom. The van der Waals surface area contributed by atoms with E-state index < -0.39 is 24.7 Å². The Kier molecular flexibility index (Phi) is 5.54. The van der Waals surface area contributed by atoms with Crippen molar-refractivity contribution in [2.24, 2.45) is 0 Å². The van der Waals surface area contributed by atoms with E-state index in [9.17, 15) is 23.2 Å². The highest BCUT2D eigenvalue weighted by Gasteiger charge is 2.28. The molecule has 9 heteroatoms. The molecule has 0 spiro atoms. The van der Waals surface area contributed by atoms with Gasteiger partial charge in [-0.2, -0.15) is 18.4 Å². The van der Waals surface area contributed by atoms with Crippen molar-refractivity contribution in [1.82, 2.24) is 9.88 Å². The number of aromatic nitrogens is 1. The second-order valence-corrected chi connectivity index (χ2v) is 5.42. The van der Waals surface area contributed by atoms with E-state index in [2.05, 4.69) is 10.1 Å². The molecule has 2 aromatic rings. The predicted octanol–water partition coefficient (Wildman–Crippen LogP) is 2.95. The van der Waals surface area contributed by atoms with Crippen LogP contribution >= 0.6 is 0 Å². The van der Waals surface area contributed by atoms with Crippen molar-refractivity contribution in [2.75, 3.05) is 13.2 Å². The van der Waals surface area contributed by atoms with E-state index in [0.29, 0.717) is 0 Å². The Hall–Kier alpha value is -2.73. The van der Waals surface area contributed by atoms with Gasteiger partial charge in [0.1, 0.15) is 29.6 Å². The molecule has 0 fully saturated rings. The lowest BCUT2D eigenvalue weighted by Crippen LogP contribution is -2.37. The molecule has 0 aliphatic rings. The maximum atomic E-state index is 12.4. The second-order valence-electron chi connectivity index (χ2n) is 5.42. The zero-order valence-electron chi connectivity index (χ0n) is 13.6. The van der Waals surface area contributed by atoms with Gasteiger partial charge in [0.05, 0.1) is 6.61 Å². The zero-order chi connectivity index (χ0) is 18.6. The number of ether oxygens (including phenoxy) is 1. The molecule has 25 heavy (non-hydrogen) atoms. The minimum atomic E-state index is -4.43. The van der Waals surface area contributed by atoms with Crippen LogP contribution in [0.3, 0.4) is 0 Å². The summed E-state index contributed by atoms with van der Waals surface area (Å²) in [5.74, 6) is -0.170. The van der Waals surface area contributed by atoms with Gasteiger partial charge in [-0.1, -0.05) is 0 Å². The van der Waals surface area contributed by atoms with Crippen molar-refractivity contribution >= 4 is 5.91 Å². The number of carbonyl (C=O) groups excluding carboxylic acids is 1. The molecule has 0 unspecified atom stereocenters. The Balaban J connectivity index is 2.11. The molecule has 0 aliphatic heterocycles. The molecular formula is C16H16F3N3O3. The number of hydrogen-bond donors (Lipinski definition) is 1. The number of halogens is 3. The number of nitrogens with one attached hydrogen (secondary N) is 1. The van der Waals surface area contributed by atoms with Crippen molar-refractivity contribution < 1.29 is 27.1 Å². The summed E-state index contributed by atoms with van der Waals surface area (Å²) in [6, 6.07) is 4.73. The van der Waals surface area contributed by atoms with Crippen LogP contribution in [0.1, 0.15) is 28.6 Å². The maximum Gasteiger partial charge on any atom is 0.411 e. The first-order chi connectivity index (χ1) is 11.7. The number of rotatable bonds is 6. The van der Waals surface area contributed by atoms with Gasteiger partial charge in [-0.25, -0.2) is 0 Å². The van der Waals surface area contributed by atoms with Gasteiger partial charge in [-0.15, -0.1) is 0 Å². The highest BCUT2D eigenvalue weighted by molar-refractivity contribution is 5.98. The summed E-state index contributed by atoms with van der Waals surface area (Å²) in [5.41, 5.74) is 0.100. The van der Waals surface area contributed by atoms with Gasteiger partial charge in [0.2, 0.25) is 5.88 Å². The minimum absolute atomic E-state index is 0.0499. The van der Waals surface area contributed by atoms with Crippen LogP contribution in [-0.4, -0.2) is 35.9 Å². The van der Waals surface area contributed by atoms with E-state index in [4.69, 9.17) is 4.42 Å². The van der Waals surface area contributed by atoms with Gasteiger partial charge in [-0.3, -0.25) is 9.36 Å². The second kappa shape index (κ2) is 7.44. The third-order valence-electron chi connectivity index (χ3n) is 3.25. The summed E-state index contributed by atoms with van der Waals surface area (Å²) in [5, 5.41) is 11.9. The van der Waals surface area contributed by atoms with E-state index in [1.807, 2.05) is 6.07 Å². The molecule has 2 aromatic heterocycles. The number of carbonyl (C=O) groups is 1. The first-order valence-corrected chi connectivity index (χ1v) is 7.35. The third kappa shape index (κ3) is 4.64. The lowest BCUT2D eigenvalue weighted by atomic mass is 10.1. The molecular weight excluding hydrogens is 339 g/mol. The quantitative estimate of drug-likeness (QED) is 0.864. The minimum Gasteiger partial charge on any atom is -0.443 e. The monoisotopic (exact) mass is 355 g/mol. The molecule has 6 nitrogen and oxygen atoms in total. The molecule has 0 radical (unpaired) electrons. The van der Waals surface area contributed by atoms with Gasteiger partial charge in [0.25, 0.3) is 5.91 Å². The highest BCUT2D eigenvalue weighted by atomic mass is 19.4. The molecule has 0 aliphatic carbocycles. The largest absolute Gasteiger partial charge is 0.443 e. The number of furan rings is 1. The predicted molar refractivity (Wildman–Crippen MR) is 81.3 cm³/mol. The Bertz CT molecular complexity index is 773. The van der Waals surface area contributed by atoms with Crippen molar-refractivity contribution in [3.63, 3.8) is 0 Å². The summed E-state index contributed by atoms with van der Waals surface area (Å²) in [6.07, 6.45) is -1.10. The maximum absolute atomic E-state index is 12.4. The van der Waals surface area contributed by atoms with Gasteiger partial charge in [0.15, 0.2) is 0 Å². The van der Waals surface area contributed by atoms with E-state index in [0.717, 1.165) is 0 Å². The number of nitrogens with zero attached hydrogens (tertiary/aromatic N) is 2. The van der Waals surface area contributed by atoms with Gasteiger partial charge >= 0.3 is 6.18 Å². The molecule has 134 valence electrons. The van der Waals surface area contributed by atoms with Crippen LogP contribution in [0.15, 0.2) is 28.9 Å². The van der Waals surface area contributed by atoms with Crippen molar-refractivity contribution in [3.05, 3.63) is 41.4 Å². The van der Waals surface area contributed by atoms with E-state index in [1.165, 1.54) is 13.8 Å². The Morgan fingerprint density at radius 1 is 1.44 bits per heavy atom. The first kappa shape index (κ1) is 18.6. The smallest absolute Gasteiger partial charge is 0.411 e. The Morgan fingerprint density at radius 3 is 2.64 bits per heavy atom. The first-order valence-electron chi connectivity index (χ1n) is 7.35. The summed E-state index contributed by atoms with van der Waals surface area (Å²) < 4.78 is 47.8. The Labute approximate surface area is 141 Å². The number of hydrogen-bond acceptors (Lipinski definition) is 4. The molecule has 1 N–H and O–H groups in total. The van der Waals surface area contributed by atoms with Crippen LogP contribution in [0.2, 0.25) is 0 Å². The lowest BCUT2D eigenvalue weighted by Gasteiger charge is -2.15. The van der Waals surface area contributed by atoms with Crippen molar-refractivity contribution in [2.45, 2.75) is 26.1 Å². The SMILES string of the molecule is Cc1oc(-n2cccc2)c(C#N)c1C(=O)N[C@H](C)COCC(F)(F)F. The number of aryl methyl sites for hydroxylation is 1. The van der Waals surface area contributed by atoms with Crippen LogP contribution in [0.5, 0.6) is 0 Å². The van der Waals surface area contributed by atoms with Crippen LogP contribution in [0, 0.1) is 18.3 Å². The molecule has 0 saturated carbocycles. The van der Waals surface area contributed by atoms with Gasteiger partial charge in [0, 0.05) is 18.4 Å². The van der Waals surface area contributed by atoms with Crippen LogP contribution in [0.25, 0.3) is 5.88 Å². The zero-order valence-corrected chi connectivity index (χ0v) is 13.6. The molecule has 2 heterocycles. The fourth-order valence-electron chi connectivity index (χ4n) is 2.25. The summed E-state index contributed by atoms with van der Waals surface area (Å²) in [6.45, 7) is 1.34. The fraction of sp³-hybridized carbons (Fsp3) is 0.375. The average molecular weight is 355 g/mol. The normalized spacial score (nSPS) is 12.6. The summed E-state index contributed by atoms with van der Waals surface area (Å²) in [4.78, 5) is 12.4. The standard InChI is InChI=1S/C16H16F3N3O3/c1-10(8-24-9-16(17,18)19)21-14(23)13-11(2)25-15(12(13)7-20)22-5-3-4-6-22/h3-6,10H,8-9H2,1-2H3,(H,21,23)/t10-/m1/s1. The number of nitriles is 1. The van der Waals surface area contributed by atoms with Gasteiger partial charge in [-0.05, 0) is 26.0 Å². The lowest BCUT2D eigenvalue weighted by molar-refractivity contribution is -0.174. The number of amides is 1.